The van der Waals surface area contributed by atoms with Crippen LogP contribution in [0, 0.1) is 5.92 Å². The summed E-state index contributed by atoms with van der Waals surface area (Å²) in [5.74, 6) is 0.880. The number of nitrogens with one attached hydrogen (secondary N) is 1. The molecule has 1 saturated heterocycles. The van der Waals surface area contributed by atoms with Gasteiger partial charge >= 0.3 is 0 Å². The number of piperidine rings is 1. The summed E-state index contributed by atoms with van der Waals surface area (Å²) in [4.78, 5) is 18.1. The molecule has 5 nitrogen and oxygen atoms in total. The van der Waals surface area contributed by atoms with Gasteiger partial charge in [0, 0.05) is 38.4 Å². The van der Waals surface area contributed by atoms with Gasteiger partial charge in [-0.05, 0) is 32.4 Å². The van der Waals surface area contributed by atoms with Crippen LogP contribution >= 0.6 is 24.8 Å². The first kappa shape index (κ1) is 19.2. The van der Waals surface area contributed by atoms with Crippen molar-refractivity contribution in [1.82, 2.24) is 19.8 Å². The predicted molar refractivity (Wildman–Crippen MR) is 84.6 cm³/mol. The second kappa shape index (κ2) is 10.0. The molecule has 1 aromatic rings. The Hall–Kier alpha value is -0.780. The van der Waals surface area contributed by atoms with E-state index in [1.807, 2.05) is 22.7 Å². The molecule has 0 spiro atoms. The lowest BCUT2D eigenvalue weighted by atomic mass is 9.98. The van der Waals surface area contributed by atoms with E-state index in [0.717, 1.165) is 32.6 Å². The number of hydrogen-bond acceptors (Lipinski definition) is 3. The molecule has 1 aliphatic rings. The molecule has 2 rings (SSSR count). The fourth-order valence-electron chi connectivity index (χ4n) is 2.55. The Kier molecular flexibility index (Phi) is 9.63. The number of likely N-dealkylation sites (tertiary alicyclic amines) is 1. The molecule has 1 aromatic heterocycles. The molecular weight excluding hydrogens is 299 g/mol. The molecule has 1 fully saturated rings. The lowest BCUT2D eigenvalue weighted by Gasteiger charge is -2.32. The summed E-state index contributed by atoms with van der Waals surface area (Å²) in [7, 11) is 1.97. The molecule has 1 N–H and O–H groups in total. The lowest BCUT2D eigenvalue weighted by Crippen LogP contribution is -2.42. The van der Waals surface area contributed by atoms with Crippen molar-refractivity contribution in [3.05, 3.63) is 18.7 Å². The number of amides is 1. The maximum atomic E-state index is 12.1. The zero-order chi connectivity index (χ0) is 12.8. The maximum absolute atomic E-state index is 12.1. The van der Waals surface area contributed by atoms with E-state index in [4.69, 9.17) is 0 Å². The van der Waals surface area contributed by atoms with E-state index in [1.165, 1.54) is 6.42 Å². The van der Waals surface area contributed by atoms with Crippen LogP contribution in [0.3, 0.4) is 0 Å². The van der Waals surface area contributed by atoms with Crippen LogP contribution in [-0.4, -0.2) is 47.0 Å². The first-order valence-corrected chi connectivity index (χ1v) is 6.67. The Morgan fingerprint density at radius 2 is 2.25 bits per heavy atom. The predicted octanol–water partition coefficient (Wildman–Crippen LogP) is 1.57. The molecule has 2 heterocycles. The summed E-state index contributed by atoms with van der Waals surface area (Å²) < 4.78 is 1.95. The van der Waals surface area contributed by atoms with Gasteiger partial charge in [-0.15, -0.1) is 24.8 Å². The van der Waals surface area contributed by atoms with Gasteiger partial charge in [0.2, 0.25) is 5.91 Å². The quantitative estimate of drug-likeness (QED) is 0.895. The van der Waals surface area contributed by atoms with Gasteiger partial charge in [-0.3, -0.25) is 4.79 Å². The smallest absolute Gasteiger partial charge is 0.224 e. The molecule has 1 amide bonds. The number of rotatable bonds is 5. The minimum atomic E-state index is 0. The number of hydrogen-bond donors (Lipinski definition) is 1. The molecule has 116 valence electrons. The van der Waals surface area contributed by atoms with Gasteiger partial charge in [0.15, 0.2) is 0 Å². The third-order valence-corrected chi connectivity index (χ3v) is 3.51. The normalized spacial score (nSPS) is 18.1. The van der Waals surface area contributed by atoms with Crippen LogP contribution in [0.5, 0.6) is 0 Å². The van der Waals surface area contributed by atoms with E-state index in [0.29, 0.717) is 12.3 Å². The molecule has 0 saturated carbocycles. The maximum Gasteiger partial charge on any atom is 0.224 e. The Morgan fingerprint density at radius 3 is 2.90 bits per heavy atom. The molecule has 0 radical (unpaired) electrons. The molecule has 7 heteroatoms. The zero-order valence-electron chi connectivity index (χ0n) is 11.8. The van der Waals surface area contributed by atoms with E-state index < -0.39 is 0 Å². The highest BCUT2D eigenvalue weighted by molar-refractivity contribution is 5.85. The standard InChI is InChI=1S/C13H22N4O.2ClH/c1-14-9-12-3-2-6-17(10-12)13(18)4-7-16-8-5-15-11-16;;/h5,8,11-12,14H,2-4,6-7,9-10H2,1H3;2*1H. The van der Waals surface area contributed by atoms with Gasteiger partial charge in [0.05, 0.1) is 6.33 Å². The first-order valence-electron chi connectivity index (χ1n) is 6.67. The van der Waals surface area contributed by atoms with Gasteiger partial charge in [0.25, 0.3) is 0 Å². The largest absolute Gasteiger partial charge is 0.342 e. The third kappa shape index (κ3) is 5.69. The van der Waals surface area contributed by atoms with Crippen molar-refractivity contribution >= 4 is 30.7 Å². The number of carbonyl (C=O) groups excluding carboxylic acids is 1. The number of aryl methyl sites for hydroxylation is 1. The highest BCUT2D eigenvalue weighted by atomic mass is 35.5. The molecule has 0 bridgehead atoms. The Morgan fingerprint density at radius 1 is 1.45 bits per heavy atom. The molecule has 1 aliphatic heterocycles. The Bertz CT molecular complexity index is 370. The minimum Gasteiger partial charge on any atom is -0.342 e. The van der Waals surface area contributed by atoms with E-state index in [-0.39, 0.29) is 30.7 Å². The number of halogens is 2. The number of aromatic nitrogens is 2. The minimum absolute atomic E-state index is 0. The average Bonchev–Trinajstić information content (AvgIpc) is 2.90. The van der Waals surface area contributed by atoms with Crippen LogP contribution in [0.4, 0.5) is 0 Å². The van der Waals surface area contributed by atoms with Crippen LogP contribution in [-0.2, 0) is 11.3 Å². The van der Waals surface area contributed by atoms with Crippen molar-refractivity contribution in [2.24, 2.45) is 5.92 Å². The molecule has 0 aromatic carbocycles. The highest BCUT2D eigenvalue weighted by Gasteiger charge is 2.22. The van der Waals surface area contributed by atoms with Crippen LogP contribution in [0.15, 0.2) is 18.7 Å². The lowest BCUT2D eigenvalue weighted by molar-refractivity contribution is -0.133. The molecule has 0 aliphatic carbocycles. The van der Waals surface area contributed by atoms with E-state index in [1.54, 1.807) is 12.5 Å². The van der Waals surface area contributed by atoms with E-state index in [2.05, 4.69) is 10.3 Å². The first-order chi connectivity index (χ1) is 8.79. The summed E-state index contributed by atoms with van der Waals surface area (Å²) in [6.07, 6.45) is 8.33. The van der Waals surface area contributed by atoms with Crippen molar-refractivity contribution in [1.29, 1.82) is 0 Å². The van der Waals surface area contributed by atoms with Crippen LogP contribution in [0.2, 0.25) is 0 Å². The van der Waals surface area contributed by atoms with Crippen LogP contribution < -0.4 is 5.32 Å². The number of carbonyl (C=O) groups is 1. The molecule has 1 unspecified atom stereocenters. The topological polar surface area (TPSA) is 50.2 Å². The summed E-state index contributed by atoms with van der Waals surface area (Å²) >= 11 is 0. The van der Waals surface area contributed by atoms with Crippen LogP contribution in [0.1, 0.15) is 19.3 Å². The van der Waals surface area contributed by atoms with Crippen molar-refractivity contribution in [3.8, 4) is 0 Å². The molecular formula is C13H24Cl2N4O. The van der Waals surface area contributed by atoms with Crippen molar-refractivity contribution in [3.63, 3.8) is 0 Å². The van der Waals surface area contributed by atoms with Gasteiger partial charge in [-0.1, -0.05) is 0 Å². The van der Waals surface area contributed by atoms with E-state index >= 15 is 0 Å². The third-order valence-electron chi connectivity index (χ3n) is 3.51. The number of nitrogens with zero attached hydrogens (tertiary/aromatic N) is 3. The summed E-state index contributed by atoms with van der Waals surface area (Å²) in [6, 6.07) is 0. The fourth-order valence-corrected chi connectivity index (χ4v) is 2.55. The zero-order valence-corrected chi connectivity index (χ0v) is 13.5. The Labute approximate surface area is 132 Å². The van der Waals surface area contributed by atoms with Gasteiger partial charge in [-0.25, -0.2) is 4.98 Å². The molecule has 20 heavy (non-hydrogen) atoms. The fraction of sp³-hybridized carbons (Fsp3) is 0.692. The van der Waals surface area contributed by atoms with E-state index in [9.17, 15) is 4.79 Å². The second-order valence-corrected chi connectivity index (χ2v) is 4.96. The second-order valence-electron chi connectivity index (χ2n) is 4.96. The highest BCUT2D eigenvalue weighted by Crippen LogP contribution is 2.16. The van der Waals surface area contributed by atoms with Crippen LogP contribution in [0.25, 0.3) is 0 Å². The monoisotopic (exact) mass is 322 g/mol. The van der Waals surface area contributed by atoms with Gasteiger partial charge in [-0.2, -0.15) is 0 Å². The van der Waals surface area contributed by atoms with Gasteiger partial charge in [0.1, 0.15) is 0 Å². The van der Waals surface area contributed by atoms with Gasteiger partial charge < -0.3 is 14.8 Å². The van der Waals surface area contributed by atoms with Crippen molar-refractivity contribution in [2.75, 3.05) is 26.7 Å². The Balaban J connectivity index is 0.00000180. The summed E-state index contributed by atoms with van der Waals surface area (Å²) in [5, 5.41) is 3.20. The number of imidazole rings is 1. The molecule has 1 atom stereocenters. The summed E-state index contributed by atoms with van der Waals surface area (Å²) in [6.45, 7) is 3.56. The van der Waals surface area contributed by atoms with Crippen molar-refractivity contribution < 1.29 is 4.79 Å². The summed E-state index contributed by atoms with van der Waals surface area (Å²) in [5.41, 5.74) is 0. The average molecular weight is 323 g/mol. The SMILES string of the molecule is CNCC1CCCN(C(=O)CCn2ccnc2)C1.Cl.Cl. The van der Waals surface area contributed by atoms with Crippen molar-refractivity contribution in [2.45, 2.75) is 25.8 Å².